The van der Waals surface area contributed by atoms with Crippen LogP contribution in [0.25, 0.3) is 0 Å². The van der Waals surface area contributed by atoms with E-state index in [9.17, 15) is 0 Å². The van der Waals surface area contributed by atoms with Crippen molar-refractivity contribution in [3.63, 3.8) is 0 Å². The van der Waals surface area contributed by atoms with Crippen molar-refractivity contribution in [3.8, 4) is 0 Å². The quantitative estimate of drug-likeness (QED) is 0.324. The molecule has 3 aromatic rings. The van der Waals surface area contributed by atoms with Gasteiger partial charge in [0, 0.05) is 43.8 Å². The van der Waals surface area contributed by atoms with E-state index in [1.807, 2.05) is 12.1 Å². The minimum absolute atomic E-state index is 0.364. The zero-order valence-electron chi connectivity index (χ0n) is 20.9. The summed E-state index contributed by atoms with van der Waals surface area (Å²) in [6.07, 6.45) is 9.05. The largest absolute Gasteiger partial charge is 0.298 e. The number of halogens is 1. The molecule has 3 aromatic carbocycles. The van der Waals surface area contributed by atoms with Crippen molar-refractivity contribution in [2.45, 2.75) is 57.5 Å². The summed E-state index contributed by atoms with van der Waals surface area (Å²) in [6.45, 7) is 5.61. The average Bonchev–Trinajstić information content (AvgIpc) is 3.10. The Kier molecular flexibility index (Phi) is 8.24. The molecule has 0 aromatic heterocycles. The highest BCUT2D eigenvalue weighted by Crippen LogP contribution is 2.42. The Balaban J connectivity index is 1.22. The second kappa shape index (κ2) is 11.7. The first-order valence-electron chi connectivity index (χ1n) is 13.5. The first-order chi connectivity index (χ1) is 17.2. The van der Waals surface area contributed by atoms with Crippen molar-refractivity contribution in [1.29, 1.82) is 0 Å². The molecule has 1 saturated heterocycles. The van der Waals surface area contributed by atoms with Gasteiger partial charge in [0.05, 0.1) is 0 Å². The highest BCUT2D eigenvalue weighted by Gasteiger charge is 2.35. The van der Waals surface area contributed by atoms with Crippen LogP contribution in [0.15, 0.2) is 84.9 Å². The smallest absolute Gasteiger partial charge is 0.0451 e. The summed E-state index contributed by atoms with van der Waals surface area (Å²) in [5.41, 5.74) is 4.61. The van der Waals surface area contributed by atoms with Crippen LogP contribution in [0.4, 0.5) is 0 Å². The van der Waals surface area contributed by atoms with Gasteiger partial charge < -0.3 is 0 Å². The summed E-state index contributed by atoms with van der Waals surface area (Å²) >= 11 is 6.42. The van der Waals surface area contributed by atoms with Crippen LogP contribution in [0.2, 0.25) is 5.02 Å². The molecule has 184 valence electrons. The third-order valence-electron chi connectivity index (χ3n) is 8.37. The molecular weight excluding hydrogens is 448 g/mol. The molecule has 1 aliphatic heterocycles. The van der Waals surface area contributed by atoms with E-state index in [0.717, 1.165) is 30.7 Å². The lowest BCUT2D eigenvalue weighted by atomic mass is 9.71. The maximum Gasteiger partial charge on any atom is 0.0451 e. The van der Waals surface area contributed by atoms with Crippen molar-refractivity contribution in [2.75, 3.05) is 26.2 Å². The van der Waals surface area contributed by atoms with Gasteiger partial charge in [0.15, 0.2) is 0 Å². The Morgan fingerprint density at radius 1 is 0.686 bits per heavy atom. The third kappa shape index (κ3) is 6.55. The maximum absolute atomic E-state index is 6.42. The SMILES string of the molecule is Clc1ccccc1CN1CCN(C2CCCC(Cc3ccccc3)(Cc3ccccc3)CC2)CC1. The van der Waals surface area contributed by atoms with Crippen LogP contribution in [0.3, 0.4) is 0 Å². The first-order valence-corrected chi connectivity index (χ1v) is 13.8. The molecule has 5 rings (SSSR count). The fourth-order valence-corrected chi connectivity index (χ4v) is 6.64. The molecular formula is C32H39ClN2. The molecule has 1 unspecified atom stereocenters. The molecule has 0 amide bonds. The van der Waals surface area contributed by atoms with Crippen LogP contribution in [0.1, 0.15) is 48.8 Å². The molecule has 2 nitrogen and oxygen atoms in total. The van der Waals surface area contributed by atoms with Gasteiger partial charge in [-0.05, 0) is 66.7 Å². The van der Waals surface area contributed by atoms with Crippen LogP contribution in [0.5, 0.6) is 0 Å². The zero-order valence-corrected chi connectivity index (χ0v) is 21.7. The summed E-state index contributed by atoms with van der Waals surface area (Å²) in [7, 11) is 0. The average molecular weight is 487 g/mol. The van der Waals surface area contributed by atoms with Gasteiger partial charge in [0.2, 0.25) is 0 Å². The van der Waals surface area contributed by atoms with E-state index >= 15 is 0 Å². The van der Waals surface area contributed by atoms with Gasteiger partial charge in [-0.3, -0.25) is 9.80 Å². The van der Waals surface area contributed by atoms with Crippen LogP contribution in [-0.2, 0) is 19.4 Å². The summed E-state index contributed by atoms with van der Waals surface area (Å²) in [4.78, 5) is 5.37. The number of hydrogen-bond acceptors (Lipinski definition) is 2. The van der Waals surface area contributed by atoms with Gasteiger partial charge in [0.25, 0.3) is 0 Å². The Hall–Kier alpha value is -2.13. The Morgan fingerprint density at radius 3 is 1.91 bits per heavy atom. The van der Waals surface area contributed by atoms with Gasteiger partial charge in [0.1, 0.15) is 0 Å². The van der Waals surface area contributed by atoms with E-state index < -0.39 is 0 Å². The number of benzene rings is 3. The van der Waals surface area contributed by atoms with E-state index in [1.54, 1.807) is 0 Å². The molecule has 35 heavy (non-hydrogen) atoms. The monoisotopic (exact) mass is 486 g/mol. The second-order valence-corrected chi connectivity index (χ2v) is 11.2. The van der Waals surface area contributed by atoms with Gasteiger partial charge >= 0.3 is 0 Å². The fraction of sp³-hybridized carbons (Fsp3) is 0.438. The van der Waals surface area contributed by atoms with Crippen LogP contribution < -0.4 is 0 Å². The topological polar surface area (TPSA) is 6.48 Å². The predicted molar refractivity (Wildman–Crippen MR) is 148 cm³/mol. The van der Waals surface area contributed by atoms with Crippen LogP contribution in [-0.4, -0.2) is 42.0 Å². The van der Waals surface area contributed by atoms with Crippen LogP contribution in [0, 0.1) is 5.41 Å². The van der Waals surface area contributed by atoms with Gasteiger partial charge in [-0.2, -0.15) is 0 Å². The molecule has 1 saturated carbocycles. The zero-order chi connectivity index (χ0) is 23.9. The molecule has 1 aliphatic carbocycles. The lowest BCUT2D eigenvalue weighted by Gasteiger charge is -2.40. The Morgan fingerprint density at radius 2 is 1.29 bits per heavy atom. The minimum Gasteiger partial charge on any atom is -0.298 e. The molecule has 0 radical (unpaired) electrons. The first kappa shape index (κ1) is 24.6. The summed E-state index contributed by atoms with van der Waals surface area (Å²) < 4.78 is 0. The highest BCUT2D eigenvalue weighted by molar-refractivity contribution is 6.31. The molecule has 2 fully saturated rings. The molecule has 0 N–H and O–H groups in total. The fourth-order valence-electron chi connectivity index (χ4n) is 6.45. The van der Waals surface area contributed by atoms with Gasteiger partial charge in [-0.25, -0.2) is 0 Å². The van der Waals surface area contributed by atoms with Crippen molar-refractivity contribution < 1.29 is 0 Å². The highest BCUT2D eigenvalue weighted by atomic mass is 35.5. The number of piperazine rings is 1. The molecule has 0 spiro atoms. The van der Waals surface area contributed by atoms with Crippen molar-refractivity contribution in [1.82, 2.24) is 9.80 Å². The normalized spacial score (nSPS) is 21.5. The van der Waals surface area contributed by atoms with E-state index in [-0.39, 0.29) is 0 Å². The Bertz CT molecular complexity index is 1000. The number of nitrogens with zero attached hydrogens (tertiary/aromatic N) is 2. The van der Waals surface area contributed by atoms with Crippen molar-refractivity contribution in [3.05, 3.63) is 107 Å². The van der Waals surface area contributed by atoms with Crippen molar-refractivity contribution >= 4 is 11.6 Å². The summed E-state index contributed by atoms with van der Waals surface area (Å²) in [6, 6.07) is 31.4. The van der Waals surface area contributed by atoms with E-state index in [1.165, 1.54) is 74.7 Å². The lowest BCUT2D eigenvalue weighted by Crippen LogP contribution is -2.49. The Labute approximate surface area is 216 Å². The molecule has 2 aliphatic rings. The molecule has 0 bridgehead atoms. The van der Waals surface area contributed by atoms with E-state index in [0.29, 0.717) is 5.41 Å². The minimum atomic E-state index is 0.364. The maximum atomic E-state index is 6.42. The number of hydrogen-bond donors (Lipinski definition) is 0. The summed E-state index contributed by atoms with van der Waals surface area (Å²) in [5, 5.41) is 0.895. The van der Waals surface area contributed by atoms with Gasteiger partial charge in [-0.1, -0.05) is 96.9 Å². The lowest BCUT2D eigenvalue weighted by molar-refractivity contribution is 0.0831. The van der Waals surface area contributed by atoms with E-state index in [2.05, 4.69) is 82.6 Å². The van der Waals surface area contributed by atoms with E-state index in [4.69, 9.17) is 11.6 Å². The van der Waals surface area contributed by atoms with Crippen LogP contribution >= 0.6 is 11.6 Å². The molecule has 3 heteroatoms. The number of rotatable bonds is 7. The third-order valence-corrected chi connectivity index (χ3v) is 8.74. The van der Waals surface area contributed by atoms with Gasteiger partial charge in [-0.15, -0.1) is 0 Å². The molecule has 1 atom stereocenters. The summed E-state index contributed by atoms with van der Waals surface area (Å²) in [5.74, 6) is 0. The molecule has 1 heterocycles. The second-order valence-electron chi connectivity index (χ2n) is 10.8. The van der Waals surface area contributed by atoms with Crippen molar-refractivity contribution in [2.24, 2.45) is 5.41 Å². The standard InChI is InChI=1S/C32H39ClN2/c33-31-16-8-7-14-29(31)26-34-20-22-35(23-21-34)30-15-9-18-32(19-17-30,24-27-10-3-1-4-11-27)25-28-12-5-2-6-13-28/h1-8,10-14,16,30H,9,15,17-26H2. The predicted octanol–water partition coefficient (Wildman–Crippen LogP) is 7.26.